The average Bonchev–Trinajstić information content (AvgIpc) is 2.99. The SMILES string of the molecule is CCCC(CC)NC(=NC1CC1)NN. The summed E-state index contributed by atoms with van der Waals surface area (Å²) in [5.74, 6) is 6.16. The summed E-state index contributed by atoms with van der Waals surface area (Å²) in [6.07, 6.45) is 5.88. The van der Waals surface area contributed by atoms with E-state index in [1.54, 1.807) is 0 Å². The first kappa shape index (κ1) is 11.3. The van der Waals surface area contributed by atoms with E-state index in [2.05, 4.69) is 29.6 Å². The Hall–Kier alpha value is -0.770. The Morgan fingerprint density at radius 2 is 2.21 bits per heavy atom. The molecule has 0 radical (unpaired) electrons. The number of hydrogen-bond acceptors (Lipinski definition) is 2. The molecule has 0 aliphatic heterocycles. The lowest BCUT2D eigenvalue weighted by Crippen LogP contribution is -2.46. The molecular formula is C10H22N4. The van der Waals surface area contributed by atoms with Gasteiger partial charge in [0.15, 0.2) is 0 Å². The van der Waals surface area contributed by atoms with Gasteiger partial charge in [-0.25, -0.2) is 10.8 Å². The highest BCUT2D eigenvalue weighted by Crippen LogP contribution is 2.23. The lowest BCUT2D eigenvalue weighted by molar-refractivity contribution is 0.528. The van der Waals surface area contributed by atoms with Crippen LogP contribution in [-0.4, -0.2) is 18.0 Å². The van der Waals surface area contributed by atoms with Crippen molar-refractivity contribution in [1.29, 1.82) is 0 Å². The van der Waals surface area contributed by atoms with Crippen molar-refractivity contribution in [3.05, 3.63) is 0 Å². The van der Waals surface area contributed by atoms with Crippen LogP contribution >= 0.6 is 0 Å². The van der Waals surface area contributed by atoms with Crippen molar-refractivity contribution in [3.8, 4) is 0 Å². The van der Waals surface area contributed by atoms with E-state index in [-0.39, 0.29) is 0 Å². The van der Waals surface area contributed by atoms with Crippen LogP contribution in [0.4, 0.5) is 0 Å². The van der Waals surface area contributed by atoms with E-state index in [0.29, 0.717) is 12.1 Å². The van der Waals surface area contributed by atoms with Gasteiger partial charge in [-0.1, -0.05) is 20.3 Å². The molecule has 0 aromatic carbocycles. The molecule has 4 N–H and O–H groups in total. The van der Waals surface area contributed by atoms with Crippen LogP contribution in [0, 0.1) is 0 Å². The van der Waals surface area contributed by atoms with Crippen LogP contribution in [0.5, 0.6) is 0 Å². The van der Waals surface area contributed by atoms with E-state index in [1.807, 2.05) is 0 Å². The van der Waals surface area contributed by atoms with Gasteiger partial charge in [-0.05, 0) is 25.7 Å². The van der Waals surface area contributed by atoms with Gasteiger partial charge in [-0.15, -0.1) is 0 Å². The van der Waals surface area contributed by atoms with Crippen LogP contribution in [0.3, 0.4) is 0 Å². The summed E-state index contributed by atoms with van der Waals surface area (Å²) in [5, 5.41) is 3.34. The number of rotatable bonds is 5. The smallest absolute Gasteiger partial charge is 0.206 e. The van der Waals surface area contributed by atoms with Crippen molar-refractivity contribution in [3.63, 3.8) is 0 Å². The van der Waals surface area contributed by atoms with Crippen LogP contribution in [-0.2, 0) is 0 Å². The summed E-state index contributed by atoms with van der Waals surface area (Å²) in [6, 6.07) is 1.00. The van der Waals surface area contributed by atoms with Crippen molar-refractivity contribution in [2.75, 3.05) is 0 Å². The van der Waals surface area contributed by atoms with E-state index in [0.717, 1.165) is 12.4 Å². The van der Waals surface area contributed by atoms with Crippen LogP contribution < -0.4 is 16.6 Å². The summed E-state index contributed by atoms with van der Waals surface area (Å²) < 4.78 is 0. The first-order valence-corrected chi connectivity index (χ1v) is 5.61. The highest BCUT2D eigenvalue weighted by molar-refractivity contribution is 5.79. The van der Waals surface area contributed by atoms with Gasteiger partial charge in [0.1, 0.15) is 0 Å². The molecule has 0 saturated heterocycles. The quantitative estimate of drug-likeness (QED) is 0.269. The van der Waals surface area contributed by atoms with Crippen molar-refractivity contribution in [2.24, 2.45) is 10.8 Å². The predicted octanol–water partition coefficient (Wildman–Crippen LogP) is 1.14. The van der Waals surface area contributed by atoms with Crippen molar-refractivity contribution >= 4 is 5.96 Å². The Morgan fingerprint density at radius 1 is 1.50 bits per heavy atom. The lowest BCUT2D eigenvalue weighted by Gasteiger charge is -2.18. The molecule has 14 heavy (non-hydrogen) atoms. The highest BCUT2D eigenvalue weighted by atomic mass is 15.3. The number of nitrogens with zero attached hydrogens (tertiary/aromatic N) is 1. The van der Waals surface area contributed by atoms with Crippen molar-refractivity contribution in [2.45, 2.75) is 58.0 Å². The first-order chi connectivity index (χ1) is 6.80. The molecule has 0 aromatic heterocycles. The maximum absolute atomic E-state index is 5.40. The molecule has 0 spiro atoms. The minimum atomic E-state index is 0.494. The van der Waals surface area contributed by atoms with Gasteiger partial charge in [0, 0.05) is 6.04 Å². The minimum Gasteiger partial charge on any atom is -0.353 e. The Bertz CT molecular complexity index is 187. The topological polar surface area (TPSA) is 62.4 Å². The fraction of sp³-hybridized carbons (Fsp3) is 0.900. The third-order valence-corrected chi connectivity index (χ3v) is 2.47. The van der Waals surface area contributed by atoms with Gasteiger partial charge in [-0.2, -0.15) is 0 Å². The Labute approximate surface area is 86.3 Å². The zero-order valence-electron chi connectivity index (χ0n) is 9.21. The molecule has 1 aliphatic carbocycles. The van der Waals surface area contributed by atoms with E-state index in [9.17, 15) is 0 Å². The van der Waals surface area contributed by atoms with Gasteiger partial charge >= 0.3 is 0 Å². The molecule has 1 unspecified atom stereocenters. The summed E-state index contributed by atoms with van der Waals surface area (Å²) in [6.45, 7) is 4.37. The number of hydrazine groups is 1. The third-order valence-electron chi connectivity index (χ3n) is 2.47. The molecule has 4 heteroatoms. The zero-order valence-corrected chi connectivity index (χ0v) is 9.21. The van der Waals surface area contributed by atoms with Crippen molar-refractivity contribution < 1.29 is 0 Å². The molecule has 4 nitrogen and oxygen atoms in total. The molecular weight excluding hydrogens is 176 g/mol. The average molecular weight is 198 g/mol. The van der Waals surface area contributed by atoms with E-state index < -0.39 is 0 Å². The van der Waals surface area contributed by atoms with Gasteiger partial charge in [0.2, 0.25) is 5.96 Å². The van der Waals surface area contributed by atoms with E-state index in [1.165, 1.54) is 25.7 Å². The highest BCUT2D eigenvalue weighted by Gasteiger charge is 2.21. The van der Waals surface area contributed by atoms with Gasteiger partial charge in [-0.3, -0.25) is 5.43 Å². The second-order valence-corrected chi connectivity index (χ2v) is 3.89. The number of aliphatic imine (C=N–C) groups is 1. The van der Waals surface area contributed by atoms with Gasteiger partial charge in [0.05, 0.1) is 6.04 Å². The standard InChI is InChI=1S/C10H22N4/c1-3-5-8(4-2)12-10(14-11)13-9-6-7-9/h8-9H,3-7,11H2,1-2H3,(H2,12,13,14). The van der Waals surface area contributed by atoms with E-state index >= 15 is 0 Å². The number of hydrogen-bond donors (Lipinski definition) is 3. The lowest BCUT2D eigenvalue weighted by atomic mass is 10.1. The molecule has 0 amide bonds. The molecule has 0 heterocycles. The van der Waals surface area contributed by atoms with Crippen molar-refractivity contribution in [1.82, 2.24) is 10.7 Å². The second-order valence-electron chi connectivity index (χ2n) is 3.89. The zero-order chi connectivity index (χ0) is 10.4. The summed E-state index contributed by atoms with van der Waals surface area (Å²) >= 11 is 0. The van der Waals surface area contributed by atoms with Gasteiger partial charge < -0.3 is 5.32 Å². The Kier molecular flexibility index (Phi) is 4.73. The van der Waals surface area contributed by atoms with Crippen LogP contribution in [0.25, 0.3) is 0 Å². The van der Waals surface area contributed by atoms with Gasteiger partial charge in [0.25, 0.3) is 0 Å². The van der Waals surface area contributed by atoms with Crippen LogP contribution in [0.1, 0.15) is 46.0 Å². The Balaban J connectivity index is 2.36. The normalized spacial score (nSPS) is 19.2. The van der Waals surface area contributed by atoms with Crippen LogP contribution in [0.15, 0.2) is 4.99 Å². The third kappa shape index (κ3) is 3.96. The molecule has 82 valence electrons. The predicted molar refractivity (Wildman–Crippen MR) is 59.9 cm³/mol. The van der Waals surface area contributed by atoms with Crippen LogP contribution in [0.2, 0.25) is 0 Å². The molecule has 1 atom stereocenters. The number of nitrogens with one attached hydrogen (secondary N) is 2. The fourth-order valence-electron chi connectivity index (χ4n) is 1.42. The Morgan fingerprint density at radius 3 is 2.64 bits per heavy atom. The second kappa shape index (κ2) is 5.86. The van der Waals surface area contributed by atoms with E-state index in [4.69, 9.17) is 5.84 Å². The first-order valence-electron chi connectivity index (χ1n) is 5.61. The maximum Gasteiger partial charge on any atom is 0.206 e. The molecule has 0 bridgehead atoms. The minimum absolute atomic E-state index is 0.494. The number of nitrogens with two attached hydrogens (primary N) is 1. The molecule has 0 aromatic rings. The number of guanidine groups is 1. The summed E-state index contributed by atoms with van der Waals surface area (Å²) in [7, 11) is 0. The monoisotopic (exact) mass is 198 g/mol. The molecule has 1 fully saturated rings. The summed E-state index contributed by atoms with van der Waals surface area (Å²) in [5.41, 5.74) is 2.64. The fourth-order valence-corrected chi connectivity index (χ4v) is 1.42. The molecule has 1 saturated carbocycles. The molecule has 1 rings (SSSR count). The summed E-state index contributed by atoms with van der Waals surface area (Å²) in [4.78, 5) is 4.45. The largest absolute Gasteiger partial charge is 0.353 e. The maximum atomic E-state index is 5.40. The molecule has 1 aliphatic rings.